The summed E-state index contributed by atoms with van der Waals surface area (Å²) in [6, 6.07) is 8.58. The first kappa shape index (κ1) is 57.8. The van der Waals surface area contributed by atoms with Crippen LogP contribution in [0.1, 0.15) is 96.0 Å². The van der Waals surface area contributed by atoms with Gasteiger partial charge in [0, 0.05) is 62.1 Å². The predicted octanol–water partition coefficient (Wildman–Crippen LogP) is 4.29. The van der Waals surface area contributed by atoms with E-state index >= 15 is 0 Å². The number of carbonyl (C=O) groups excluding carboxylic acids is 6. The quantitative estimate of drug-likeness (QED) is 0.0547. The fourth-order valence-corrected chi connectivity index (χ4v) is 11.3. The molecule has 6 heterocycles. The van der Waals surface area contributed by atoms with Crippen LogP contribution in [-0.4, -0.2) is 171 Å². The number of ether oxygens (including phenoxy) is 3. The maximum Gasteiger partial charge on any atom is 0.305 e. The highest BCUT2D eigenvalue weighted by Gasteiger charge is 2.43. The van der Waals surface area contributed by atoms with Crippen molar-refractivity contribution in [3.05, 3.63) is 93.8 Å². The van der Waals surface area contributed by atoms with Crippen LogP contribution in [0.15, 0.2) is 53.7 Å². The zero-order valence-electron chi connectivity index (χ0n) is 45.2. The van der Waals surface area contributed by atoms with E-state index in [0.29, 0.717) is 83.3 Å². The van der Waals surface area contributed by atoms with E-state index in [1.54, 1.807) is 53.4 Å². The third-order valence-corrected chi connectivity index (χ3v) is 15.9. The van der Waals surface area contributed by atoms with Gasteiger partial charge < -0.3 is 55.4 Å². The number of rotatable bonds is 20. The first-order chi connectivity index (χ1) is 38.0. The molecule has 2 bridgehead atoms. The number of hydrogen-bond donors (Lipinski definition) is 4. The van der Waals surface area contributed by atoms with Gasteiger partial charge in [-0.1, -0.05) is 24.3 Å². The van der Waals surface area contributed by atoms with Crippen molar-refractivity contribution in [3.63, 3.8) is 0 Å². The number of amides is 5. The van der Waals surface area contributed by atoms with E-state index in [-0.39, 0.29) is 124 Å². The standard InChI is InChI=1S/C55H68FN13O9S/c1-32-9-14-38-39(28-32)34(3)78-52-49(57)61-29-40(62-52)46-43(30-66(6)54(38)74)69(65-50(46)59-5)23-19-60-44(70)17-24-76-26-27-77-25-18-45(71)67-21-15-35(16-22-67)47(64-51(73)33(2)58-4)55(75)68-20-7-8-42(68)53-63-41(31-79-53)48(72)36-10-12-37(56)13-11-36/h9-14,28-29,33-35,41-42,47,58H,7-8,15-27,30-31H2,1-4,6H3,(H2,57,61)(H,60,70)(H,64,73)/t33-,34+,41?,42-,47-/m0/s1. The lowest BCUT2D eigenvalue weighted by Gasteiger charge is -2.38. The van der Waals surface area contributed by atoms with Gasteiger partial charge in [-0.15, -0.1) is 11.8 Å². The number of thioether (sulfide) groups is 1. The van der Waals surface area contributed by atoms with Crippen molar-refractivity contribution in [1.29, 1.82) is 0 Å². The molecule has 0 saturated carbocycles. The number of aliphatic imine (C=N–C) groups is 1. The van der Waals surface area contributed by atoms with E-state index in [0.717, 1.165) is 12.0 Å². The number of likely N-dealkylation sites (tertiary alicyclic amines) is 2. The number of aromatic nitrogens is 4. The van der Waals surface area contributed by atoms with Gasteiger partial charge >= 0.3 is 5.82 Å². The first-order valence-corrected chi connectivity index (χ1v) is 27.6. The lowest BCUT2D eigenvalue weighted by Crippen LogP contribution is -2.58. The van der Waals surface area contributed by atoms with E-state index in [1.807, 2.05) is 19.1 Å². The molecule has 79 heavy (non-hydrogen) atoms. The number of ketones is 1. The van der Waals surface area contributed by atoms with Crippen molar-refractivity contribution in [3.8, 4) is 17.1 Å². The van der Waals surface area contributed by atoms with Gasteiger partial charge in [0.15, 0.2) is 11.6 Å². The first-order valence-electron chi connectivity index (χ1n) is 26.7. The van der Waals surface area contributed by atoms with Crippen LogP contribution in [0.4, 0.5) is 16.0 Å². The molecule has 22 nitrogen and oxygen atoms in total. The number of nitrogens with two attached hydrogens (primary N) is 1. The summed E-state index contributed by atoms with van der Waals surface area (Å²) < 4.78 is 32.7. The summed E-state index contributed by atoms with van der Waals surface area (Å²) in [7, 11) is 3.34. The number of aryl methyl sites for hydroxylation is 1. The van der Waals surface area contributed by atoms with Gasteiger partial charge in [-0.25, -0.2) is 14.4 Å². The molecule has 2 fully saturated rings. The third kappa shape index (κ3) is 13.9. The number of benzene rings is 2. The van der Waals surface area contributed by atoms with Crippen LogP contribution in [-0.2, 0) is 41.7 Å². The lowest BCUT2D eigenvalue weighted by atomic mass is 9.88. The summed E-state index contributed by atoms with van der Waals surface area (Å²) in [5.74, 6) is -1.42. The van der Waals surface area contributed by atoms with Crippen LogP contribution in [0.3, 0.4) is 0 Å². The molecule has 2 saturated heterocycles. The normalized spacial score (nSPS) is 19.2. The second kappa shape index (κ2) is 26.5. The second-order valence-electron chi connectivity index (χ2n) is 20.1. The van der Waals surface area contributed by atoms with Gasteiger partial charge in [0.25, 0.3) is 11.8 Å². The fraction of sp³-hybridized carbons (Fsp3) is 0.509. The molecule has 1 unspecified atom stereocenters. The van der Waals surface area contributed by atoms with Crippen molar-refractivity contribution in [2.45, 2.75) is 103 Å². The number of carbonyl (C=O) groups is 6. The Morgan fingerprint density at radius 3 is 2.47 bits per heavy atom. The van der Waals surface area contributed by atoms with E-state index in [9.17, 15) is 33.2 Å². The number of anilines is 1. The molecule has 4 aromatic rings. The SMILES string of the molecule is [C-]#[N+]c1nn(CCNC(=O)CCOCCOCCC(=O)N2CCC([C@H](NC(=O)[C@H](C)NC)C(=O)N3CCC[C@H]3C3=NC(C(=O)c4ccc(F)cc4)CS3)CC2)c2c1-c1cnc(N)c(n1)O[C@H](C)c1cc(C)ccc1C(=O)N(C)C2. The molecule has 0 spiro atoms. The minimum Gasteiger partial charge on any atom is -0.467 e. The third-order valence-electron chi connectivity index (χ3n) is 14.7. The molecule has 0 radical (unpaired) electrons. The Morgan fingerprint density at radius 1 is 1.01 bits per heavy atom. The number of hydrogen-bond acceptors (Lipinski definition) is 16. The summed E-state index contributed by atoms with van der Waals surface area (Å²) >= 11 is 1.45. The van der Waals surface area contributed by atoms with Crippen molar-refractivity contribution in [1.82, 2.24) is 50.4 Å². The molecule has 4 aliphatic heterocycles. The van der Waals surface area contributed by atoms with Crippen LogP contribution in [0.25, 0.3) is 16.1 Å². The smallest absolute Gasteiger partial charge is 0.305 e. The molecular weight excluding hydrogens is 1040 g/mol. The number of nitrogens with zero attached hydrogens (tertiary/aromatic N) is 9. The Labute approximate surface area is 462 Å². The lowest BCUT2D eigenvalue weighted by molar-refractivity contribution is -0.140. The van der Waals surface area contributed by atoms with Gasteiger partial charge in [0.1, 0.15) is 24.0 Å². The number of fused-ring (bicyclic) bond motifs is 5. The average Bonchev–Trinajstić information content (AvgIpc) is 4.36. The molecule has 420 valence electrons. The molecule has 2 aromatic heterocycles. The van der Waals surface area contributed by atoms with Gasteiger partial charge in [-0.2, -0.15) is 4.68 Å². The Kier molecular flexibility index (Phi) is 19.4. The molecule has 2 aromatic carbocycles. The van der Waals surface area contributed by atoms with Crippen molar-refractivity contribution >= 4 is 63.8 Å². The number of likely N-dealkylation sites (N-methyl/N-ethyl adjacent to an activating group) is 1. The van der Waals surface area contributed by atoms with Crippen LogP contribution < -0.4 is 26.4 Å². The van der Waals surface area contributed by atoms with E-state index < -0.39 is 30.0 Å². The Hall–Kier alpha value is -7.33. The number of Topliss-reactive ketones (excluding diaryl/α,β-unsaturated/α-hetero) is 1. The summed E-state index contributed by atoms with van der Waals surface area (Å²) in [4.78, 5) is 104. The van der Waals surface area contributed by atoms with Crippen LogP contribution in [0, 0.1) is 25.2 Å². The molecule has 5 amide bonds. The van der Waals surface area contributed by atoms with Crippen LogP contribution >= 0.6 is 11.8 Å². The molecule has 5 atom stereocenters. The second-order valence-corrected chi connectivity index (χ2v) is 21.1. The largest absolute Gasteiger partial charge is 0.467 e. The van der Waals surface area contributed by atoms with Crippen molar-refractivity contribution in [2.75, 3.05) is 78.2 Å². The van der Waals surface area contributed by atoms with Crippen molar-refractivity contribution < 1.29 is 47.4 Å². The molecule has 0 aliphatic carbocycles. The molecular formula is C55H68FN13O9S. The number of halogens is 1. The highest BCUT2D eigenvalue weighted by Crippen LogP contribution is 2.38. The Morgan fingerprint density at radius 2 is 1.75 bits per heavy atom. The minimum absolute atomic E-state index is 0.0379. The van der Waals surface area contributed by atoms with Gasteiger partial charge in [-0.05, 0) is 94.9 Å². The maximum atomic E-state index is 14.5. The van der Waals surface area contributed by atoms with E-state index in [4.69, 9.17) is 31.5 Å². The average molecular weight is 1110 g/mol. The van der Waals surface area contributed by atoms with Crippen molar-refractivity contribution in [2.24, 2.45) is 10.9 Å². The summed E-state index contributed by atoms with van der Waals surface area (Å²) in [6.45, 7) is 15.8. The highest BCUT2D eigenvalue weighted by atomic mass is 32.2. The topological polar surface area (TPSA) is 262 Å². The fourth-order valence-electron chi connectivity index (χ4n) is 10.2. The highest BCUT2D eigenvalue weighted by molar-refractivity contribution is 8.14. The Bertz CT molecular complexity index is 2980. The molecule has 24 heteroatoms. The van der Waals surface area contributed by atoms with Crippen LogP contribution in [0.2, 0.25) is 0 Å². The predicted molar refractivity (Wildman–Crippen MR) is 293 cm³/mol. The van der Waals surface area contributed by atoms with Gasteiger partial charge in [-0.3, -0.25) is 33.8 Å². The van der Waals surface area contributed by atoms with E-state index in [1.165, 1.54) is 42.2 Å². The number of piperidine rings is 1. The zero-order chi connectivity index (χ0) is 56.3. The maximum absolute atomic E-state index is 14.5. The Balaban J connectivity index is 0.764. The summed E-state index contributed by atoms with van der Waals surface area (Å²) in [5, 5.41) is 14.1. The summed E-state index contributed by atoms with van der Waals surface area (Å²) in [6.07, 6.45) is 3.47. The van der Waals surface area contributed by atoms with E-state index in [2.05, 4.69) is 35.9 Å². The van der Waals surface area contributed by atoms with Gasteiger partial charge in [0.2, 0.25) is 23.6 Å². The summed E-state index contributed by atoms with van der Waals surface area (Å²) in [5.41, 5.74) is 9.79. The molecule has 5 N–H and O–H groups in total. The van der Waals surface area contributed by atoms with Crippen LogP contribution in [0.5, 0.6) is 5.88 Å². The number of nitrogen functional groups attached to an aromatic ring is 1. The minimum atomic E-state index is -0.821. The number of nitrogens with one attached hydrogen (secondary N) is 3. The monoisotopic (exact) mass is 1110 g/mol. The molecule has 8 rings (SSSR count). The van der Waals surface area contributed by atoms with Gasteiger partial charge in [0.05, 0.1) is 86.2 Å². The molecule has 4 aliphatic rings. The zero-order valence-corrected chi connectivity index (χ0v) is 46.0.